The summed E-state index contributed by atoms with van der Waals surface area (Å²) in [7, 11) is 0. The topological polar surface area (TPSA) is 0 Å². The van der Waals surface area contributed by atoms with Gasteiger partial charge in [-0.3, -0.25) is 0 Å². The van der Waals surface area contributed by atoms with Crippen LogP contribution in [0.3, 0.4) is 0 Å². The molecule has 0 aromatic rings. The standard InChI is InChI=1S/3HI.La/h3*1H;/q;;;+3/p-3. The monoisotopic (exact) mass is 520 g/mol. The SMILES string of the molecule is [I][La]([I])[I]. The molecule has 24 valence electrons. The van der Waals surface area contributed by atoms with E-state index in [-0.39, 0.29) is 0 Å². The maximum absolute atomic E-state index is 2.54. The first-order chi connectivity index (χ1) is 1.73. The summed E-state index contributed by atoms with van der Waals surface area (Å²) in [5.41, 5.74) is 0. The maximum atomic E-state index is 2.54. The van der Waals surface area contributed by atoms with E-state index in [0.717, 1.165) is 0 Å². The van der Waals surface area contributed by atoms with E-state index >= 15 is 0 Å². The molecule has 0 aliphatic heterocycles. The van der Waals surface area contributed by atoms with Gasteiger partial charge in [0, 0.05) is 0 Å². The minimum atomic E-state index is -0.812. The van der Waals surface area contributed by atoms with E-state index in [1.807, 2.05) is 0 Å². The fourth-order valence-electron chi connectivity index (χ4n) is 0. The van der Waals surface area contributed by atoms with Crippen molar-refractivity contribution >= 4 is 46.7 Å². The van der Waals surface area contributed by atoms with E-state index in [1.54, 1.807) is 0 Å². The molecule has 0 amide bonds. The molecule has 0 fully saturated rings. The van der Waals surface area contributed by atoms with Crippen molar-refractivity contribution in [3.8, 4) is 0 Å². The zero-order valence-corrected chi connectivity index (χ0v) is 11.8. The van der Waals surface area contributed by atoms with Crippen LogP contribution in [-0.2, 0) is 0 Å². The predicted octanol–water partition coefficient (Wildman–Crippen LogP) is 2.66. The molecule has 0 saturated heterocycles. The first-order valence-electron chi connectivity index (χ1n) is 0.655. The van der Waals surface area contributed by atoms with E-state index in [4.69, 9.17) is 0 Å². The summed E-state index contributed by atoms with van der Waals surface area (Å²) in [4.78, 5) is 0. The van der Waals surface area contributed by atoms with Crippen LogP contribution in [0.25, 0.3) is 0 Å². The van der Waals surface area contributed by atoms with E-state index in [1.165, 1.54) is 0 Å². The Labute approximate surface area is 59.0 Å². The van der Waals surface area contributed by atoms with Crippen molar-refractivity contribution in [3.05, 3.63) is 0 Å². The number of hydrogen-bond acceptors (Lipinski definition) is 0. The van der Waals surface area contributed by atoms with Crippen LogP contribution in [0, 0.1) is 14.9 Å². The zero-order valence-electron chi connectivity index (χ0n) is 1.71. The average Bonchev–Trinajstić information content (AvgIpc) is 0.811. The van der Waals surface area contributed by atoms with E-state index in [9.17, 15) is 0 Å². The van der Waals surface area contributed by atoms with Crippen LogP contribution in [0.4, 0.5) is 0 Å². The van der Waals surface area contributed by atoms with Crippen LogP contribution in [0.1, 0.15) is 0 Å². The molecule has 4 heavy (non-hydrogen) atoms. The first-order valence-corrected chi connectivity index (χ1v) is 32.0. The molecule has 0 atom stereocenters. The molecule has 0 unspecified atom stereocenters. The Morgan fingerprint density at radius 2 is 1.00 bits per heavy atom. The molecule has 0 spiro atoms. The molecule has 0 aromatic carbocycles. The van der Waals surface area contributed by atoms with Gasteiger partial charge in [0.1, 0.15) is 0 Å². The second kappa shape index (κ2) is 4.54. The molecule has 4 heteroatoms. The average molecular weight is 520 g/mol. The molecule has 0 bridgehead atoms. The van der Waals surface area contributed by atoms with Crippen molar-refractivity contribution in [2.45, 2.75) is 0 Å². The Kier molecular flexibility index (Phi) is 8.38. The molecule has 0 nitrogen and oxygen atoms in total. The summed E-state index contributed by atoms with van der Waals surface area (Å²) in [5.74, 6) is 0. The van der Waals surface area contributed by atoms with Gasteiger partial charge in [0.05, 0.1) is 0 Å². The fourth-order valence-corrected chi connectivity index (χ4v) is 0. The fraction of sp³-hybridized carbons (Fsp3) is 0. The second-order valence-corrected chi connectivity index (χ2v) is 81.1. The Morgan fingerprint density at radius 3 is 1.00 bits per heavy atom. The van der Waals surface area contributed by atoms with Crippen molar-refractivity contribution in [2.24, 2.45) is 0 Å². The number of halogens is 3. The van der Waals surface area contributed by atoms with Gasteiger partial charge in [-0.15, -0.1) is 0 Å². The Hall–Kier alpha value is 3.38. The van der Waals surface area contributed by atoms with Crippen LogP contribution >= 0.6 is 46.7 Å². The first kappa shape index (κ1) is 7.38. The van der Waals surface area contributed by atoms with Gasteiger partial charge < -0.3 is 0 Å². The predicted molar refractivity (Wildman–Crippen MR) is 42.1 cm³/mol. The quantitative estimate of drug-likeness (QED) is 0.432. The van der Waals surface area contributed by atoms with E-state index in [2.05, 4.69) is 46.7 Å². The Balaban J connectivity index is 2.32. The van der Waals surface area contributed by atoms with Crippen molar-refractivity contribution in [1.29, 1.82) is 0 Å². The molecule has 0 heterocycles. The molecule has 0 aromatic heterocycles. The molecule has 0 aliphatic carbocycles. The normalized spacial score (nSPS) is 6.75. The van der Waals surface area contributed by atoms with Crippen molar-refractivity contribution in [2.75, 3.05) is 0 Å². The van der Waals surface area contributed by atoms with Gasteiger partial charge >= 0.3 is 61.6 Å². The minimum absolute atomic E-state index is 0.812. The summed E-state index contributed by atoms with van der Waals surface area (Å²) in [6.07, 6.45) is 0. The third-order valence-corrected chi connectivity index (χ3v) is 0. The summed E-state index contributed by atoms with van der Waals surface area (Å²) < 4.78 is 0. The Bertz CT molecular complexity index is 8.00. The van der Waals surface area contributed by atoms with Crippen molar-refractivity contribution < 1.29 is 14.9 Å². The van der Waals surface area contributed by atoms with Gasteiger partial charge in [0.15, 0.2) is 0 Å². The molecule has 0 radical (unpaired) electrons. The molecule has 0 saturated carbocycles. The van der Waals surface area contributed by atoms with Crippen LogP contribution in [0.15, 0.2) is 0 Å². The van der Waals surface area contributed by atoms with Gasteiger partial charge in [-0.05, 0) is 0 Å². The Morgan fingerprint density at radius 1 is 1.00 bits per heavy atom. The van der Waals surface area contributed by atoms with Crippen LogP contribution < -0.4 is 0 Å². The van der Waals surface area contributed by atoms with E-state index in [0.29, 0.717) is 0 Å². The van der Waals surface area contributed by atoms with Crippen molar-refractivity contribution in [1.82, 2.24) is 0 Å². The van der Waals surface area contributed by atoms with Gasteiger partial charge in [-0.25, -0.2) is 0 Å². The second-order valence-electron chi connectivity index (χ2n) is 0.247. The van der Waals surface area contributed by atoms with Gasteiger partial charge in [0.25, 0.3) is 0 Å². The summed E-state index contributed by atoms with van der Waals surface area (Å²) in [5, 5.41) is 0. The third kappa shape index (κ3) is 9.04. The van der Waals surface area contributed by atoms with Crippen LogP contribution in [0.2, 0.25) is 0 Å². The molecular weight excluding hydrogens is 520 g/mol. The molecular formula is I3La. The molecule has 0 aliphatic rings. The van der Waals surface area contributed by atoms with E-state index < -0.39 is 14.9 Å². The number of hydrogen-bond donors (Lipinski definition) is 0. The molecule has 0 N–H and O–H groups in total. The number of rotatable bonds is 0. The van der Waals surface area contributed by atoms with Crippen LogP contribution in [0.5, 0.6) is 0 Å². The van der Waals surface area contributed by atoms with Gasteiger partial charge in [-0.2, -0.15) is 0 Å². The summed E-state index contributed by atoms with van der Waals surface area (Å²) in [6, 6.07) is 0. The summed E-state index contributed by atoms with van der Waals surface area (Å²) >= 11 is 6.80. The molecule has 0 rings (SSSR count). The van der Waals surface area contributed by atoms with Crippen molar-refractivity contribution in [3.63, 3.8) is 0 Å². The van der Waals surface area contributed by atoms with Crippen LogP contribution in [-0.4, -0.2) is 0 Å². The van der Waals surface area contributed by atoms with Gasteiger partial charge in [-0.1, -0.05) is 0 Å². The summed E-state index contributed by atoms with van der Waals surface area (Å²) in [6.45, 7) is 0. The van der Waals surface area contributed by atoms with Gasteiger partial charge in [0.2, 0.25) is 0 Å². The third-order valence-electron chi connectivity index (χ3n) is 0. The zero-order chi connectivity index (χ0) is 3.58.